The second-order valence-electron chi connectivity index (χ2n) is 3.78. The highest BCUT2D eigenvalue weighted by molar-refractivity contribution is 5.62. The summed E-state index contributed by atoms with van der Waals surface area (Å²) in [4.78, 5) is 6.51. The number of fused-ring (bicyclic) bond motifs is 1. The van der Waals surface area contributed by atoms with E-state index in [4.69, 9.17) is 0 Å². The molecule has 0 amide bonds. The highest BCUT2D eigenvalue weighted by Gasteiger charge is 2.25. The maximum Gasteiger partial charge on any atom is 0.104 e. The van der Waals surface area contributed by atoms with Crippen molar-refractivity contribution in [3.8, 4) is 0 Å². The summed E-state index contributed by atoms with van der Waals surface area (Å²) in [6, 6.07) is 8.51. The van der Waals surface area contributed by atoms with Crippen molar-refractivity contribution in [2.45, 2.75) is 12.6 Å². The van der Waals surface area contributed by atoms with E-state index in [-0.39, 0.29) is 0 Å². The minimum atomic E-state index is 0.415. The van der Waals surface area contributed by atoms with Crippen LogP contribution in [0.4, 0.5) is 5.69 Å². The van der Waals surface area contributed by atoms with Crippen LogP contribution in [0.25, 0.3) is 0 Å². The summed E-state index contributed by atoms with van der Waals surface area (Å²) in [5.41, 5.74) is 2.69. The molecule has 0 saturated heterocycles. The Hall–Kier alpha value is -1.51. The summed E-state index contributed by atoms with van der Waals surface area (Å²) in [6.45, 7) is 1.99. The molecular weight excluding hydrogens is 174 g/mol. The first kappa shape index (κ1) is 7.85. The van der Waals surface area contributed by atoms with Crippen LogP contribution in [0.2, 0.25) is 0 Å². The lowest BCUT2D eigenvalue weighted by Gasteiger charge is -2.22. The Morgan fingerprint density at radius 1 is 1.36 bits per heavy atom. The Labute approximate surface area is 83.4 Å². The van der Waals surface area contributed by atoms with Gasteiger partial charge in [0.25, 0.3) is 0 Å². The van der Waals surface area contributed by atoms with E-state index in [0.29, 0.717) is 6.17 Å². The fourth-order valence-corrected chi connectivity index (χ4v) is 2.11. The first-order chi connectivity index (χ1) is 6.93. The van der Waals surface area contributed by atoms with Gasteiger partial charge in [0.1, 0.15) is 6.17 Å². The number of nitrogens with one attached hydrogen (secondary N) is 1. The van der Waals surface area contributed by atoms with Gasteiger partial charge in [0, 0.05) is 18.7 Å². The van der Waals surface area contributed by atoms with Gasteiger partial charge in [0.05, 0.1) is 12.9 Å². The highest BCUT2D eigenvalue weighted by atomic mass is 15.3. The highest BCUT2D eigenvalue weighted by Crippen LogP contribution is 2.26. The van der Waals surface area contributed by atoms with Crippen LogP contribution in [0.3, 0.4) is 0 Å². The van der Waals surface area contributed by atoms with E-state index in [2.05, 4.69) is 39.5 Å². The lowest BCUT2D eigenvalue weighted by molar-refractivity contribution is 0.383. The molecule has 3 nitrogen and oxygen atoms in total. The Morgan fingerprint density at radius 3 is 3.07 bits per heavy atom. The van der Waals surface area contributed by atoms with Crippen molar-refractivity contribution < 1.29 is 0 Å². The predicted molar refractivity (Wildman–Crippen MR) is 57.6 cm³/mol. The van der Waals surface area contributed by atoms with Gasteiger partial charge in [-0.3, -0.25) is 4.99 Å². The monoisotopic (exact) mass is 187 g/mol. The van der Waals surface area contributed by atoms with Gasteiger partial charge in [0.2, 0.25) is 0 Å². The summed E-state index contributed by atoms with van der Waals surface area (Å²) in [5, 5.41) is 3.51. The fraction of sp³-hybridized carbons (Fsp3) is 0.364. The standard InChI is InChI=1S/C11H13N3/c1-2-4-10-9(3-1)7-11(13-10)14-6-5-12-8-14/h1-4,8,11,13H,5-7H2. The average molecular weight is 187 g/mol. The number of hydrogen-bond donors (Lipinski definition) is 1. The van der Waals surface area contributed by atoms with Gasteiger partial charge in [-0.15, -0.1) is 0 Å². The summed E-state index contributed by atoms with van der Waals surface area (Å²) < 4.78 is 0. The average Bonchev–Trinajstić information content (AvgIpc) is 2.86. The lowest BCUT2D eigenvalue weighted by Crippen LogP contribution is -2.37. The van der Waals surface area contributed by atoms with Gasteiger partial charge in [-0.2, -0.15) is 0 Å². The number of nitrogens with zero attached hydrogens (tertiary/aromatic N) is 2. The quantitative estimate of drug-likeness (QED) is 0.718. The number of hydrogen-bond acceptors (Lipinski definition) is 3. The van der Waals surface area contributed by atoms with Crippen molar-refractivity contribution in [2.24, 2.45) is 4.99 Å². The van der Waals surface area contributed by atoms with Crippen LogP contribution in [0.5, 0.6) is 0 Å². The van der Waals surface area contributed by atoms with Gasteiger partial charge < -0.3 is 10.2 Å². The van der Waals surface area contributed by atoms with E-state index in [1.54, 1.807) is 0 Å². The third-order valence-electron chi connectivity index (χ3n) is 2.87. The van der Waals surface area contributed by atoms with E-state index >= 15 is 0 Å². The minimum absolute atomic E-state index is 0.415. The summed E-state index contributed by atoms with van der Waals surface area (Å²) in [7, 11) is 0. The number of benzene rings is 1. The Balaban J connectivity index is 1.81. The zero-order chi connectivity index (χ0) is 9.38. The molecular formula is C11H13N3. The molecule has 1 N–H and O–H groups in total. The topological polar surface area (TPSA) is 27.6 Å². The molecule has 14 heavy (non-hydrogen) atoms. The maximum absolute atomic E-state index is 4.23. The Kier molecular flexibility index (Phi) is 1.69. The number of rotatable bonds is 1. The smallest absolute Gasteiger partial charge is 0.104 e. The maximum atomic E-state index is 4.23. The molecule has 0 aromatic heterocycles. The second-order valence-corrected chi connectivity index (χ2v) is 3.78. The molecule has 0 aliphatic carbocycles. The number of anilines is 1. The van der Waals surface area contributed by atoms with Crippen LogP contribution in [-0.2, 0) is 6.42 Å². The Bertz CT molecular complexity index is 348. The van der Waals surface area contributed by atoms with E-state index in [1.807, 2.05) is 6.34 Å². The first-order valence-electron chi connectivity index (χ1n) is 5.03. The largest absolute Gasteiger partial charge is 0.365 e. The van der Waals surface area contributed by atoms with Crippen LogP contribution < -0.4 is 5.32 Å². The molecule has 2 aliphatic rings. The molecule has 1 atom stereocenters. The molecule has 0 saturated carbocycles. The van der Waals surface area contributed by atoms with Crippen LogP contribution >= 0.6 is 0 Å². The zero-order valence-electron chi connectivity index (χ0n) is 7.98. The third-order valence-corrected chi connectivity index (χ3v) is 2.87. The predicted octanol–water partition coefficient (Wildman–Crippen LogP) is 1.32. The van der Waals surface area contributed by atoms with Crippen LogP contribution in [0.1, 0.15) is 5.56 Å². The van der Waals surface area contributed by atoms with Gasteiger partial charge in [-0.1, -0.05) is 18.2 Å². The molecule has 1 aromatic rings. The second kappa shape index (κ2) is 3.01. The molecule has 0 bridgehead atoms. The summed E-state index contributed by atoms with van der Waals surface area (Å²) in [5.74, 6) is 0. The fourth-order valence-electron chi connectivity index (χ4n) is 2.11. The molecule has 2 heterocycles. The molecule has 2 aliphatic heterocycles. The van der Waals surface area contributed by atoms with Gasteiger partial charge >= 0.3 is 0 Å². The van der Waals surface area contributed by atoms with E-state index in [0.717, 1.165) is 19.5 Å². The normalized spacial score (nSPS) is 23.7. The molecule has 72 valence electrons. The van der Waals surface area contributed by atoms with Crippen molar-refractivity contribution >= 4 is 12.0 Å². The van der Waals surface area contributed by atoms with Crippen LogP contribution in [0.15, 0.2) is 29.3 Å². The summed E-state index contributed by atoms with van der Waals surface area (Å²) in [6.07, 6.45) is 3.46. The number of para-hydroxylation sites is 1. The van der Waals surface area contributed by atoms with Gasteiger partial charge in [-0.25, -0.2) is 0 Å². The zero-order valence-corrected chi connectivity index (χ0v) is 7.98. The molecule has 0 spiro atoms. The lowest BCUT2D eigenvalue weighted by atomic mass is 10.1. The van der Waals surface area contributed by atoms with Crippen molar-refractivity contribution in [3.63, 3.8) is 0 Å². The Morgan fingerprint density at radius 2 is 2.29 bits per heavy atom. The summed E-state index contributed by atoms with van der Waals surface area (Å²) >= 11 is 0. The molecule has 1 aromatic carbocycles. The van der Waals surface area contributed by atoms with Crippen LogP contribution in [-0.4, -0.2) is 30.5 Å². The minimum Gasteiger partial charge on any atom is -0.365 e. The van der Waals surface area contributed by atoms with E-state index < -0.39 is 0 Å². The molecule has 0 radical (unpaired) electrons. The third kappa shape index (κ3) is 1.16. The molecule has 0 fully saturated rings. The van der Waals surface area contributed by atoms with Gasteiger partial charge in [0.15, 0.2) is 0 Å². The SMILES string of the molecule is C1=NCCN1C1Cc2ccccc2N1. The first-order valence-corrected chi connectivity index (χ1v) is 5.03. The van der Waals surface area contributed by atoms with Crippen molar-refractivity contribution in [3.05, 3.63) is 29.8 Å². The van der Waals surface area contributed by atoms with Crippen molar-refractivity contribution in [2.75, 3.05) is 18.4 Å². The molecule has 3 rings (SSSR count). The van der Waals surface area contributed by atoms with Crippen LogP contribution in [0, 0.1) is 0 Å². The van der Waals surface area contributed by atoms with E-state index in [1.165, 1.54) is 11.3 Å². The van der Waals surface area contributed by atoms with Crippen molar-refractivity contribution in [1.29, 1.82) is 0 Å². The number of aliphatic imine (C=N–C) groups is 1. The molecule has 1 unspecified atom stereocenters. The molecule has 3 heteroatoms. The van der Waals surface area contributed by atoms with Crippen molar-refractivity contribution in [1.82, 2.24) is 4.90 Å². The van der Waals surface area contributed by atoms with E-state index in [9.17, 15) is 0 Å². The van der Waals surface area contributed by atoms with Gasteiger partial charge in [-0.05, 0) is 11.6 Å².